The summed E-state index contributed by atoms with van der Waals surface area (Å²) < 4.78 is 7.44. The first-order chi connectivity index (χ1) is 15.5. The Hall–Kier alpha value is -3.59. The van der Waals surface area contributed by atoms with E-state index in [9.17, 15) is 14.9 Å². The van der Waals surface area contributed by atoms with E-state index in [0.717, 1.165) is 17.7 Å². The summed E-state index contributed by atoms with van der Waals surface area (Å²) in [5, 5.41) is 15.3. The topological polar surface area (TPSA) is 99.6 Å². The van der Waals surface area contributed by atoms with Gasteiger partial charge in [-0.1, -0.05) is 49.7 Å². The van der Waals surface area contributed by atoms with E-state index in [1.165, 1.54) is 47.2 Å². The van der Waals surface area contributed by atoms with Crippen LogP contribution in [0.3, 0.4) is 0 Å². The number of non-ortho nitro benzene ring substituents is 1. The minimum atomic E-state index is -0.465. The van der Waals surface area contributed by atoms with Gasteiger partial charge in [0.15, 0.2) is 5.82 Å². The molecule has 4 rings (SSSR count). The first-order valence-corrected chi connectivity index (χ1v) is 11.3. The number of thiazole rings is 1. The summed E-state index contributed by atoms with van der Waals surface area (Å²) in [6, 6.07) is 13.6. The van der Waals surface area contributed by atoms with Gasteiger partial charge in [0.25, 0.3) is 11.2 Å². The van der Waals surface area contributed by atoms with Crippen LogP contribution in [0.4, 0.5) is 5.69 Å². The van der Waals surface area contributed by atoms with Gasteiger partial charge in [-0.3, -0.25) is 14.9 Å². The number of fused-ring (bicyclic) bond motifs is 1. The molecule has 0 radical (unpaired) electrons. The lowest BCUT2D eigenvalue weighted by atomic mass is 10.2. The molecule has 0 aliphatic rings. The average Bonchev–Trinajstić information content (AvgIpc) is 3.34. The van der Waals surface area contributed by atoms with Crippen molar-refractivity contribution in [3.63, 3.8) is 0 Å². The van der Waals surface area contributed by atoms with E-state index in [0.29, 0.717) is 27.5 Å². The maximum Gasteiger partial charge on any atom is 0.291 e. The van der Waals surface area contributed by atoms with Crippen molar-refractivity contribution in [3.8, 4) is 17.1 Å². The van der Waals surface area contributed by atoms with Crippen LogP contribution >= 0.6 is 11.3 Å². The summed E-state index contributed by atoms with van der Waals surface area (Å²) in [5.41, 5.74) is 1.04. The van der Waals surface area contributed by atoms with Crippen LogP contribution in [-0.4, -0.2) is 26.1 Å². The van der Waals surface area contributed by atoms with E-state index in [1.807, 2.05) is 24.3 Å². The van der Waals surface area contributed by atoms with Crippen LogP contribution in [0, 0.1) is 10.1 Å². The van der Waals surface area contributed by atoms with Crippen molar-refractivity contribution in [1.82, 2.24) is 14.6 Å². The summed E-state index contributed by atoms with van der Waals surface area (Å²) in [5.74, 6) is 1.26. The summed E-state index contributed by atoms with van der Waals surface area (Å²) in [7, 11) is 0. The SMILES string of the molecule is CCCCCCOc1ccc(-c2nc3sc(=Cc4cccc([N+](=O)[O-])c4)c(=O)n3n2)cc1. The monoisotopic (exact) mass is 450 g/mol. The molecule has 9 heteroatoms. The van der Waals surface area contributed by atoms with Gasteiger partial charge in [-0.2, -0.15) is 9.50 Å². The Kier molecular flexibility index (Phi) is 6.55. The fourth-order valence-corrected chi connectivity index (χ4v) is 4.16. The van der Waals surface area contributed by atoms with Gasteiger partial charge >= 0.3 is 0 Å². The maximum absolute atomic E-state index is 12.7. The molecule has 0 aliphatic heterocycles. The summed E-state index contributed by atoms with van der Waals surface area (Å²) in [4.78, 5) is 28.2. The van der Waals surface area contributed by atoms with Crippen molar-refractivity contribution < 1.29 is 9.66 Å². The Morgan fingerprint density at radius 1 is 1.16 bits per heavy atom. The minimum Gasteiger partial charge on any atom is -0.494 e. The van der Waals surface area contributed by atoms with Gasteiger partial charge in [0, 0.05) is 17.7 Å². The van der Waals surface area contributed by atoms with Gasteiger partial charge in [0.2, 0.25) is 4.96 Å². The number of nitro benzene ring substituents is 1. The third-order valence-corrected chi connectivity index (χ3v) is 5.90. The zero-order chi connectivity index (χ0) is 22.5. The molecule has 0 atom stereocenters. The lowest BCUT2D eigenvalue weighted by molar-refractivity contribution is -0.384. The Bertz CT molecular complexity index is 1340. The molecule has 4 aromatic rings. The molecule has 32 heavy (non-hydrogen) atoms. The van der Waals surface area contributed by atoms with E-state index in [1.54, 1.807) is 18.2 Å². The number of nitro groups is 1. The van der Waals surface area contributed by atoms with E-state index in [-0.39, 0.29) is 11.2 Å². The molecule has 0 amide bonds. The summed E-state index contributed by atoms with van der Waals surface area (Å²) >= 11 is 1.20. The van der Waals surface area contributed by atoms with Gasteiger partial charge in [-0.15, -0.1) is 5.10 Å². The second-order valence-electron chi connectivity index (χ2n) is 7.33. The third kappa shape index (κ3) is 4.83. The highest BCUT2D eigenvalue weighted by Gasteiger charge is 2.12. The van der Waals surface area contributed by atoms with Crippen molar-refractivity contribution in [2.75, 3.05) is 6.61 Å². The van der Waals surface area contributed by atoms with E-state index < -0.39 is 4.92 Å². The lowest BCUT2D eigenvalue weighted by Crippen LogP contribution is -2.23. The number of aromatic nitrogens is 3. The quantitative estimate of drug-likeness (QED) is 0.215. The van der Waals surface area contributed by atoms with Crippen LogP contribution < -0.4 is 14.8 Å². The number of rotatable bonds is 9. The maximum atomic E-state index is 12.7. The standard InChI is InChI=1S/C23H22N4O4S/c1-2-3-4-5-13-31-19-11-9-17(10-12-19)21-24-23-26(25-21)22(28)20(32-23)15-16-7-6-8-18(14-16)27(29)30/h6-12,14-15H,2-5,13H2,1H3. The molecule has 0 N–H and O–H groups in total. The van der Waals surface area contributed by atoms with Crippen LogP contribution in [0.1, 0.15) is 38.2 Å². The minimum absolute atomic E-state index is 0.0265. The van der Waals surface area contributed by atoms with Crippen LogP contribution in [0.25, 0.3) is 22.4 Å². The first-order valence-electron chi connectivity index (χ1n) is 10.4. The number of hydrogen-bond donors (Lipinski definition) is 0. The van der Waals surface area contributed by atoms with E-state index in [4.69, 9.17) is 4.74 Å². The number of unbranched alkanes of at least 4 members (excludes halogenated alkanes) is 3. The van der Waals surface area contributed by atoms with E-state index >= 15 is 0 Å². The predicted octanol–water partition coefficient (Wildman–Crippen LogP) is 4.23. The molecule has 2 aromatic carbocycles. The van der Waals surface area contributed by atoms with Crippen LogP contribution in [0.5, 0.6) is 5.75 Å². The molecular weight excluding hydrogens is 428 g/mol. The van der Waals surface area contributed by atoms with Crippen LogP contribution in [0.2, 0.25) is 0 Å². The number of hydrogen-bond acceptors (Lipinski definition) is 7. The van der Waals surface area contributed by atoms with Crippen molar-refractivity contribution in [2.45, 2.75) is 32.6 Å². The normalized spacial score (nSPS) is 11.8. The molecule has 164 valence electrons. The molecule has 0 spiro atoms. The molecule has 0 bridgehead atoms. The Balaban J connectivity index is 1.52. The summed E-state index contributed by atoms with van der Waals surface area (Å²) in [6.45, 7) is 2.88. The number of benzene rings is 2. The predicted molar refractivity (Wildman–Crippen MR) is 124 cm³/mol. The number of nitrogens with zero attached hydrogens (tertiary/aromatic N) is 4. The van der Waals surface area contributed by atoms with Crippen molar-refractivity contribution >= 4 is 28.1 Å². The van der Waals surface area contributed by atoms with Gasteiger partial charge in [0.1, 0.15) is 5.75 Å². The Labute approximate surface area is 188 Å². The second kappa shape index (κ2) is 9.69. The smallest absolute Gasteiger partial charge is 0.291 e. The van der Waals surface area contributed by atoms with Crippen molar-refractivity contribution in [1.29, 1.82) is 0 Å². The van der Waals surface area contributed by atoms with Crippen molar-refractivity contribution in [3.05, 3.63) is 79.1 Å². The Morgan fingerprint density at radius 2 is 1.97 bits per heavy atom. The number of ether oxygens (including phenoxy) is 1. The molecule has 0 fully saturated rings. The average molecular weight is 451 g/mol. The third-order valence-electron chi connectivity index (χ3n) is 4.94. The lowest BCUT2D eigenvalue weighted by Gasteiger charge is -2.06. The van der Waals surface area contributed by atoms with Gasteiger partial charge in [0.05, 0.1) is 16.1 Å². The molecule has 8 nitrogen and oxygen atoms in total. The zero-order valence-corrected chi connectivity index (χ0v) is 18.4. The second-order valence-corrected chi connectivity index (χ2v) is 8.34. The van der Waals surface area contributed by atoms with Crippen molar-refractivity contribution in [2.24, 2.45) is 0 Å². The molecule has 0 saturated heterocycles. The molecular formula is C23H22N4O4S. The van der Waals surface area contributed by atoms with Crippen LogP contribution in [0.15, 0.2) is 53.3 Å². The summed E-state index contributed by atoms with van der Waals surface area (Å²) in [6.07, 6.45) is 6.24. The highest BCUT2D eigenvalue weighted by atomic mass is 32.1. The highest BCUT2D eigenvalue weighted by Crippen LogP contribution is 2.21. The molecule has 0 aliphatic carbocycles. The zero-order valence-electron chi connectivity index (χ0n) is 17.6. The molecule has 2 aromatic heterocycles. The van der Waals surface area contributed by atoms with Gasteiger partial charge in [-0.05, 0) is 42.3 Å². The molecule has 0 saturated carbocycles. The largest absolute Gasteiger partial charge is 0.494 e. The highest BCUT2D eigenvalue weighted by molar-refractivity contribution is 7.15. The fourth-order valence-electron chi connectivity index (χ4n) is 3.25. The molecule has 0 unspecified atom stereocenters. The Morgan fingerprint density at radius 3 is 2.69 bits per heavy atom. The van der Waals surface area contributed by atoms with Gasteiger partial charge in [-0.25, -0.2) is 0 Å². The fraction of sp³-hybridized carbons (Fsp3) is 0.261. The van der Waals surface area contributed by atoms with Crippen LogP contribution in [-0.2, 0) is 0 Å². The van der Waals surface area contributed by atoms with Gasteiger partial charge < -0.3 is 4.74 Å². The molecule has 2 heterocycles. The van der Waals surface area contributed by atoms with E-state index in [2.05, 4.69) is 17.0 Å². The first kappa shape index (κ1) is 21.6.